The van der Waals surface area contributed by atoms with Crippen LogP contribution >= 0.6 is 0 Å². The molecular formula is C14H19F2NO2. The van der Waals surface area contributed by atoms with Gasteiger partial charge in [0.05, 0.1) is 6.61 Å². The zero-order chi connectivity index (χ0) is 13.7. The molecule has 0 radical (unpaired) electrons. The summed E-state index contributed by atoms with van der Waals surface area (Å²) in [5, 5.41) is 0. The predicted molar refractivity (Wildman–Crippen MR) is 68.6 cm³/mol. The topological polar surface area (TPSA) is 44.5 Å². The van der Waals surface area contributed by atoms with Crippen molar-refractivity contribution < 1.29 is 18.3 Å². The van der Waals surface area contributed by atoms with Gasteiger partial charge in [-0.3, -0.25) is 0 Å². The number of fused-ring (bicyclic) bond motifs is 1. The molecular weight excluding hydrogens is 252 g/mol. The molecule has 1 heterocycles. The van der Waals surface area contributed by atoms with Crippen LogP contribution in [0.4, 0.5) is 8.78 Å². The smallest absolute Gasteiger partial charge is 0.261 e. The summed E-state index contributed by atoms with van der Waals surface area (Å²) in [5.74, 6) is 0.927. The second-order valence-corrected chi connectivity index (χ2v) is 4.68. The lowest BCUT2D eigenvalue weighted by atomic mass is 9.98. The fraction of sp³-hybridized carbons (Fsp3) is 0.571. The highest BCUT2D eigenvalue weighted by Crippen LogP contribution is 2.28. The zero-order valence-corrected chi connectivity index (χ0v) is 10.8. The van der Waals surface area contributed by atoms with Gasteiger partial charge in [-0.25, -0.2) is 8.78 Å². The van der Waals surface area contributed by atoms with Crippen molar-refractivity contribution in [1.29, 1.82) is 0 Å². The molecule has 5 heteroatoms. The minimum Gasteiger partial charge on any atom is -0.493 e. The lowest BCUT2D eigenvalue weighted by Gasteiger charge is -2.20. The summed E-state index contributed by atoms with van der Waals surface area (Å²) in [6.45, 7) is 0.490. The second kappa shape index (κ2) is 6.82. The van der Waals surface area contributed by atoms with Crippen molar-refractivity contribution >= 4 is 0 Å². The van der Waals surface area contributed by atoms with Crippen molar-refractivity contribution in [2.45, 2.75) is 31.7 Å². The molecule has 19 heavy (non-hydrogen) atoms. The van der Waals surface area contributed by atoms with Gasteiger partial charge in [-0.05, 0) is 36.5 Å². The van der Waals surface area contributed by atoms with E-state index in [0.717, 1.165) is 30.8 Å². The maximum absolute atomic E-state index is 11.9. The number of hydrogen-bond donors (Lipinski definition) is 1. The lowest BCUT2D eigenvalue weighted by Crippen LogP contribution is -2.16. The van der Waals surface area contributed by atoms with E-state index in [2.05, 4.69) is 0 Å². The van der Waals surface area contributed by atoms with Gasteiger partial charge in [0.15, 0.2) is 0 Å². The van der Waals surface area contributed by atoms with E-state index in [4.69, 9.17) is 15.2 Å². The van der Waals surface area contributed by atoms with Gasteiger partial charge in [-0.15, -0.1) is 0 Å². The van der Waals surface area contributed by atoms with E-state index < -0.39 is 13.0 Å². The molecule has 0 saturated carbocycles. The second-order valence-electron chi connectivity index (χ2n) is 4.68. The molecule has 0 saturated heterocycles. The van der Waals surface area contributed by atoms with E-state index in [1.807, 2.05) is 18.2 Å². The van der Waals surface area contributed by atoms with Gasteiger partial charge < -0.3 is 15.2 Å². The van der Waals surface area contributed by atoms with Crippen molar-refractivity contribution in [3.8, 4) is 5.75 Å². The Hall–Kier alpha value is -1.20. The quantitative estimate of drug-likeness (QED) is 0.809. The monoisotopic (exact) mass is 271 g/mol. The molecule has 0 bridgehead atoms. The summed E-state index contributed by atoms with van der Waals surface area (Å²) in [6.07, 6.45) is 0.130. The third kappa shape index (κ3) is 4.14. The highest BCUT2D eigenvalue weighted by Gasteiger charge is 2.13. The molecule has 2 rings (SSSR count). The fourth-order valence-corrected chi connectivity index (χ4v) is 2.16. The molecule has 3 nitrogen and oxygen atoms in total. The van der Waals surface area contributed by atoms with Gasteiger partial charge in [0, 0.05) is 12.6 Å². The Morgan fingerprint density at radius 1 is 1.37 bits per heavy atom. The van der Waals surface area contributed by atoms with E-state index in [1.165, 1.54) is 5.56 Å². The molecule has 1 aliphatic heterocycles. The molecule has 1 aromatic carbocycles. The Morgan fingerprint density at radius 3 is 3.00 bits per heavy atom. The highest BCUT2D eigenvalue weighted by molar-refractivity contribution is 5.39. The third-order valence-electron chi connectivity index (χ3n) is 3.18. The predicted octanol–water partition coefficient (Wildman–Crippen LogP) is 2.68. The SMILES string of the molecule is NC(CCOCC(F)F)c1ccc2c(c1)CCCO2. The Bertz CT molecular complexity index is 412. The number of aryl methyl sites for hydroxylation is 1. The molecule has 0 spiro atoms. The summed E-state index contributed by atoms with van der Waals surface area (Å²) in [5.41, 5.74) is 8.22. The van der Waals surface area contributed by atoms with Gasteiger partial charge in [0.1, 0.15) is 12.4 Å². The van der Waals surface area contributed by atoms with Crippen LogP contribution in [0.15, 0.2) is 18.2 Å². The molecule has 0 fully saturated rings. The molecule has 1 atom stereocenters. The number of rotatable bonds is 6. The Labute approximate surface area is 111 Å². The van der Waals surface area contributed by atoms with Gasteiger partial charge in [-0.2, -0.15) is 0 Å². The number of hydrogen-bond acceptors (Lipinski definition) is 3. The number of ether oxygens (including phenoxy) is 2. The van der Waals surface area contributed by atoms with Gasteiger partial charge >= 0.3 is 0 Å². The first kappa shape index (κ1) is 14.2. The van der Waals surface area contributed by atoms with E-state index in [9.17, 15) is 8.78 Å². The van der Waals surface area contributed by atoms with E-state index >= 15 is 0 Å². The third-order valence-corrected chi connectivity index (χ3v) is 3.18. The summed E-state index contributed by atoms with van der Waals surface area (Å²) in [4.78, 5) is 0. The number of benzene rings is 1. The number of halogens is 2. The largest absolute Gasteiger partial charge is 0.493 e. The Balaban J connectivity index is 1.86. The first-order valence-corrected chi connectivity index (χ1v) is 6.54. The summed E-state index contributed by atoms with van der Waals surface area (Å²) in [7, 11) is 0. The van der Waals surface area contributed by atoms with Crippen LogP contribution in [-0.4, -0.2) is 26.2 Å². The summed E-state index contributed by atoms with van der Waals surface area (Å²) < 4.78 is 34.2. The molecule has 0 aromatic heterocycles. The van der Waals surface area contributed by atoms with Crippen LogP contribution in [0.5, 0.6) is 5.75 Å². The first-order chi connectivity index (χ1) is 9.16. The zero-order valence-electron chi connectivity index (χ0n) is 10.8. The molecule has 0 amide bonds. The summed E-state index contributed by atoms with van der Waals surface area (Å²) >= 11 is 0. The van der Waals surface area contributed by atoms with Crippen LogP contribution < -0.4 is 10.5 Å². The molecule has 106 valence electrons. The minimum absolute atomic E-state index is 0.190. The normalized spacial score (nSPS) is 16.0. The highest BCUT2D eigenvalue weighted by atomic mass is 19.3. The Morgan fingerprint density at radius 2 is 2.21 bits per heavy atom. The van der Waals surface area contributed by atoms with Crippen molar-refractivity contribution in [3.05, 3.63) is 29.3 Å². The van der Waals surface area contributed by atoms with E-state index in [1.54, 1.807) is 0 Å². The number of alkyl halides is 2. The van der Waals surface area contributed by atoms with Crippen LogP contribution in [0.25, 0.3) is 0 Å². The van der Waals surface area contributed by atoms with Crippen molar-refractivity contribution in [1.82, 2.24) is 0 Å². The van der Waals surface area contributed by atoms with Crippen molar-refractivity contribution in [2.75, 3.05) is 19.8 Å². The number of nitrogens with two attached hydrogens (primary N) is 1. The minimum atomic E-state index is -2.42. The van der Waals surface area contributed by atoms with Crippen molar-refractivity contribution in [2.24, 2.45) is 5.73 Å². The van der Waals surface area contributed by atoms with Crippen LogP contribution in [-0.2, 0) is 11.2 Å². The first-order valence-electron chi connectivity index (χ1n) is 6.54. The molecule has 1 unspecified atom stereocenters. The van der Waals surface area contributed by atoms with E-state index in [-0.39, 0.29) is 12.6 Å². The maximum Gasteiger partial charge on any atom is 0.261 e. The maximum atomic E-state index is 11.9. The standard InChI is InChI=1S/C14H19F2NO2/c15-14(16)9-18-7-5-12(17)10-3-4-13-11(8-10)2-1-6-19-13/h3-4,8,12,14H,1-2,5-7,9,17H2. The van der Waals surface area contributed by atoms with Crippen LogP contribution in [0.2, 0.25) is 0 Å². The Kier molecular flexibility index (Phi) is 5.10. The molecule has 0 aliphatic carbocycles. The van der Waals surface area contributed by atoms with E-state index in [0.29, 0.717) is 6.42 Å². The van der Waals surface area contributed by atoms with Crippen LogP contribution in [0.3, 0.4) is 0 Å². The molecule has 2 N–H and O–H groups in total. The van der Waals surface area contributed by atoms with Gasteiger partial charge in [0.2, 0.25) is 0 Å². The fourth-order valence-electron chi connectivity index (χ4n) is 2.16. The van der Waals surface area contributed by atoms with Crippen molar-refractivity contribution in [3.63, 3.8) is 0 Å². The van der Waals surface area contributed by atoms with Crippen LogP contribution in [0.1, 0.15) is 30.0 Å². The van der Waals surface area contributed by atoms with Gasteiger partial charge in [-0.1, -0.05) is 12.1 Å². The van der Waals surface area contributed by atoms with Crippen LogP contribution in [0, 0.1) is 0 Å². The summed E-state index contributed by atoms with van der Waals surface area (Å²) in [6, 6.07) is 5.72. The molecule has 1 aromatic rings. The lowest BCUT2D eigenvalue weighted by molar-refractivity contribution is 0.0152. The van der Waals surface area contributed by atoms with Gasteiger partial charge in [0.25, 0.3) is 6.43 Å². The average molecular weight is 271 g/mol. The average Bonchev–Trinajstić information content (AvgIpc) is 2.42. The molecule has 1 aliphatic rings.